The van der Waals surface area contributed by atoms with E-state index in [1.807, 2.05) is 6.07 Å². The van der Waals surface area contributed by atoms with Gasteiger partial charge in [0.2, 0.25) is 0 Å². The minimum Gasteiger partial charge on any atom is -0.400 e. The molecule has 1 aliphatic rings. The summed E-state index contributed by atoms with van der Waals surface area (Å²) in [4.78, 5) is 0. The molecule has 0 aliphatic carbocycles. The van der Waals surface area contributed by atoms with E-state index in [4.69, 9.17) is 13.5 Å². The average Bonchev–Trinajstić information content (AvgIpc) is 2.85. The van der Waals surface area contributed by atoms with Crippen molar-refractivity contribution in [1.82, 2.24) is 4.31 Å². The standard InChI is InChI=1S/C12H19NO2S.CH4O/c1-14-16(15-2)10-6-9-13(16)11-12-7-4-3-5-8-12;1-2/h3-5,7-8H,6,9-11H2,1-2H3;2H,1H3. The second kappa shape index (κ2) is 7.76. The highest BCUT2D eigenvalue weighted by atomic mass is 32.3. The molecule has 0 saturated carbocycles. The van der Waals surface area contributed by atoms with Crippen LogP contribution in [-0.4, -0.2) is 43.0 Å². The maximum Gasteiger partial charge on any atom is 0.0620 e. The van der Waals surface area contributed by atoms with Gasteiger partial charge in [-0.2, -0.15) is 0 Å². The van der Waals surface area contributed by atoms with Crippen molar-refractivity contribution in [1.29, 1.82) is 0 Å². The van der Waals surface area contributed by atoms with Crippen molar-refractivity contribution in [3.63, 3.8) is 0 Å². The van der Waals surface area contributed by atoms with Gasteiger partial charge in [-0.3, -0.25) is 8.37 Å². The molecule has 0 amide bonds. The Hall–Kier alpha value is -0.590. The fourth-order valence-corrected chi connectivity index (χ4v) is 4.50. The summed E-state index contributed by atoms with van der Waals surface area (Å²) in [5.41, 5.74) is 1.32. The first-order valence-corrected chi connectivity index (χ1v) is 7.57. The highest BCUT2D eigenvalue weighted by molar-refractivity contribution is 8.24. The first-order valence-electron chi connectivity index (χ1n) is 5.96. The van der Waals surface area contributed by atoms with Crippen LogP contribution in [0.25, 0.3) is 0 Å². The minimum absolute atomic E-state index is 0.915. The van der Waals surface area contributed by atoms with Crippen LogP contribution in [0.3, 0.4) is 0 Å². The van der Waals surface area contributed by atoms with Gasteiger partial charge in [0, 0.05) is 20.2 Å². The predicted molar refractivity (Wildman–Crippen MR) is 76.1 cm³/mol. The van der Waals surface area contributed by atoms with Crippen LogP contribution < -0.4 is 0 Å². The maximum atomic E-state index is 7.00. The lowest BCUT2D eigenvalue weighted by Crippen LogP contribution is -2.25. The van der Waals surface area contributed by atoms with E-state index in [-0.39, 0.29) is 0 Å². The van der Waals surface area contributed by atoms with Crippen molar-refractivity contribution in [2.45, 2.75) is 13.0 Å². The van der Waals surface area contributed by atoms with E-state index < -0.39 is 10.8 Å². The summed E-state index contributed by atoms with van der Waals surface area (Å²) in [5.74, 6) is 1.02. The van der Waals surface area contributed by atoms with Crippen molar-refractivity contribution in [2.24, 2.45) is 0 Å². The lowest BCUT2D eigenvalue weighted by atomic mass is 10.2. The summed E-state index contributed by atoms with van der Waals surface area (Å²) in [5, 5.41) is 7.00. The third-order valence-electron chi connectivity index (χ3n) is 2.93. The molecule has 0 radical (unpaired) electrons. The Morgan fingerprint density at radius 1 is 1.17 bits per heavy atom. The van der Waals surface area contributed by atoms with E-state index in [0.717, 1.165) is 32.4 Å². The molecule has 5 heteroatoms. The van der Waals surface area contributed by atoms with Crippen molar-refractivity contribution in [2.75, 3.05) is 33.6 Å². The van der Waals surface area contributed by atoms with Crippen LogP contribution in [0.4, 0.5) is 0 Å². The molecule has 1 N–H and O–H groups in total. The van der Waals surface area contributed by atoms with Crippen LogP contribution in [0.2, 0.25) is 0 Å². The summed E-state index contributed by atoms with van der Waals surface area (Å²) in [6.45, 7) is 1.98. The van der Waals surface area contributed by atoms with E-state index in [1.165, 1.54) is 5.56 Å². The zero-order chi connectivity index (χ0) is 13.4. The second-order valence-corrected chi connectivity index (χ2v) is 6.58. The molecule has 0 atom stereocenters. The summed E-state index contributed by atoms with van der Waals surface area (Å²) in [7, 11) is 3.06. The molecule has 0 bridgehead atoms. The first kappa shape index (κ1) is 15.5. The van der Waals surface area contributed by atoms with Gasteiger partial charge in [0.05, 0.1) is 20.0 Å². The Morgan fingerprint density at radius 3 is 2.33 bits per heavy atom. The fourth-order valence-electron chi connectivity index (χ4n) is 2.10. The monoisotopic (exact) mass is 273 g/mol. The van der Waals surface area contributed by atoms with Crippen molar-refractivity contribution >= 4 is 10.8 Å². The first-order chi connectivity index (χ1) is 8.80. The quantitative estimate of drug-likeness (QED) is 0.914. The molecule has 0 unspecified atom stereocenters. The van der Waals surface area contributed by atoms with Crippen LogP contribution in [-0.2, 0) is 14.9 Å². The third kappa shape index (κ3) is 3.46. The fraction of sp³-hybridized carbons (Fsp3) is 0.538. The topological polar surface area (TPSA) is 41.9 Å². The average molecular weight is 273 g/mol. The van der Waals surface area contributed by atoms with Crippen molar-refractivity contribution < 1.29 is 13.5 Å². The normalized spacial score (nSPS) is 20.0. The Balaban J connectivity index is 0.000000771. The van der Waals surface area contributed by atoms with Crippen LogP contribution in [0.5, 0.6) is 0 Å². The Morgan fingerprint density at radius 2 is 1.78 bits per heavy atom. The largest absolute Gasteiger partial charge is 0.400 e. The number of benzene rings is 1. The molecule has 1 aromatic carbocycles. The molecular formula is C13H23NO3S. The molecule has 18 heavy (non-hydrogen) atoms. The molecule has 1 aliphatic heterocycles. The van der Waals surface area contributed by atoms with Crippen molar-refractivity contribution in [3.8, 4) is 0 Å². The van der Waals surface area contributed by atoms with Crippen LogP contribution in [0.15, 0.2) is 30.3 Å². The van der Waals surface area contributed by atoms with Crippen LogP contribution >= 0.6 is 10.8 Å². The Bertz CT molecular complexity index is 330. The molecular weight excluding hydrogens is 250 g/mol. The predicted octanol–water partition coefficient (Wildman–Crippen LogP) is 2.34. The number of hydrogen-bond acceptors (Lipinski definition) is 4. The van der Waals surface area contributed by atoms with Gasteiger partial charge < -0.3 is 5.11 Å². The zero-order valence-corrected chi connectivity index (χ0v) is 12.2. The van der Waals surface area contributed by atoms with Gasteiger partial charge in [0.1, 0.15) is 0 Å². The van der Waals surface area contributed by atoms with E-state index in [9.17, 15) is 0 Å². The number of aliphatic hydroxyl groups is 1. The summed E-state index contributed by atoms with van der Waals surface area (Å²) in [6, 6.07) is 10.5. The van der Waals surface area contributed by atoms with Gasteiger partial charge in [-0.05, 0) is 12.0 Å². The molecule has 4 nitrogen and oxygen atoms in total. The SMILES string of the molecule is CO.COS1(OC)CCCN1Cc1ccccc1. The number of hydrogen-bond donors (Lipinski definition) is 1. The van der Waals surface area contributed by atoms with E-state index in [0.29, 0.717) is 0 Å². The number of rotatable bonds is 4. The van der Waals surface area contributed by atoms with Gasteiger partial charge in [-0.1, -0.05) is 30.3 Å². The molecule has 1 heterocycles. The minimum atomic E-state index is -1.44. The van der Waals surface area contributed by atoms with Gasteiger partial charge >= 0.3 is 0 Å². The van der Waals surface area contributed by atoms with E-state index in [2.05, 4.69) is 28.6 Å². The van der Waals surface area contributed by atoms with Crippen molar-refractivity contribution in [3.05, 3.63) is 35.9 Å². The molecule has 1 aromatic rings. The highest BCUT2D eigenvalue weighted by Gasteiger charge is 2.32. The lowest BCUT2D eigenvalue weighted by molar-refractivity contribution is 0.292. The maximum absolute atomic E-state index is 7.00. The highest BCUT2D eigenvalue weighted by Crippen LogP contribution is 2.57. The summed E-state index contributed by atoms with van der Waals surface area (Å²) in [6.07, 6.45) is 1.16. The third-order valence-corrected chi connectivity index (χ3v) is 5.87. The summed E-state index contributed by atoms with van der Waals surface area (Å²) >= 11 is 0. The summed E-state index contributed by atoms with van der Waals surface area (Å²) < 4.78 is 13.6. The van der Waals surface area contributed by atoms with Gasteiger partial charge in [0.25, 0.3) is 0 Å². The van der Waals surface area contributed by atoms with Gasteiger partial charge in [-0.15, -0.1) is 10.8 Å². The lowest BCUT2D eigenvalue weighted by Gasteiger charge is -2.44. The number of nitrogens with zero attached hydrogens (tertiary/aromatic N) is 1. The van der Waals surface area contributed by atoms with Gasteiger partial charge in [-0.25, -0.2) is 4.31 Å². The molecule has 1 saturated heterocycles. The van der Waals surface area contributed by atoms with E-state index in [1.54, 1.807) is 14.2 Å². The zero-order valence-electron chi connectivity index (χ0n) is 11.3. The molecule has 0 aromatic heterocycles. The van der Waals surface area contributed by atoms with Crippen LogP contribution in [0, 0.1) is 0 Å². The molecule has 1 fully saturated rings. The van der Waals surface area contributed by atoms with Crippen LogP contribution in [0.1, 0.15) is 12.0 Å². The molecule has 104 valence electrons. The number of aliphatic hydroxyl groups excluding tert-OH is 1. The Labute approximate surface area is 111 Å². The van der Waals surface area contributed by atoms with Gasteiger partial charge in [0.15, 0.2) is 0 Å². The van der Waals surface area contributed by atoms with E-state index >= 15 is 0 Å². The Kier molecular flexibility index (Phi) is 6.67. The second-order valence-electron chi connectivity index (χ2n) is 3.82. The molecule has 2 rings (SSSR count). The smallest absolute Gasteiger partial charge is 0.0620 e. The molecule has 0 spiro atoms.